The van der Waals surface area contributed by atoms with Crippen molar-refractivity contribution in [2.75, 3.05) is 18.2 Å². The molecule has 4 N–H and O–H groups in total. The van der Waals surface area contributed by atoms with Crippen LogP contribution >= 0.6 is 12.4 Å². The molecular formula is C17H23ClN4O4S. The molecule has 1 aromatic heterocycles. The third-order valence-electron chi connectivity index (χ3n) is 3.65. The molecular weight excluding hydrogens is 392 g/mol. The predicted molar refractivity (Wildman–Crippen MR) is 106 cm³/mol. The van der Waals surface area contributed by atoms with Crippen LogP contribution in [0.4, 0.5) is 11.5 Å². The molecule has 0 saturated heterocycles. The fraction of sp³-hybridized carbons (Fsp3) is 0.294. The lowest BCUT2D eigenvalue weighted by atomic mass is 10.1. The van der Waals surface area contributed by atoms with Gasteiger partial charge >= 0.3 is 0 Å². The van der Waals surface area contributed by atoms with Crippen molar-refractivity contribution in [3.05, 3.63) is 42.6 Å². The molecule has 10 heteroatoms. The summed E-state index contributed by atoms with van der Waals surface area (Å²) < 4.78 is 32.6. The van der Waals surface area contributed by atoms with Crippen LogP contribution in [0.15, 0.2) is 47.5 Å². The van der Waals surface area contributed by atoms with E-state index in [1.807, 2.05) is 0 Å². The van der Waals surface area contributed by atoms with E-state index in [0.717, 1.165) is 0 Å². The Balaban J connectivity index is 0.00000364. The molecule has 0 aliphatic carbocycles. The van der Waals surface area contributed by atoms with Gasteiger partial charge in [-0.2, -0.15) is 4.72 Å². The first-order chi connectivity index (χ1) is 12.2. The summed E-state index contributed by atoms with van der Waals surface area (Å²) >= 11 is 0. The summed E-state index contributed by atoms with van der Waals surface area (Å²) in [4.78, 5) is 16.5. The first-order valence-corrected chi connectivity index (χ1v) is 9.40. The molecule has 0 aliphatic rings. The van der Waals surface area contributed by atoms with Gasteiger partial charge in [0, 0.05) is 0 Å². The average molecular weight is 415 g/mol. The number of rotatable bonds is 7. The Labute approximate surface area is 165 Å². The lowest BCUT2D eigenvalue weighted by molar-refractivity contribution is -0.118. The molecule has 0 fully saturated rings. The van der Waals surface area contributed by atoms with Crippen LogP contribution in [0.3, 0.4) is 0 Å². The van der Waals surface area contributed by atoms with E-state index in [4.69, 9.17) is 10.5 Å². The number of halogens is 1. The number of ether oxygens (including phenoxy) is 1. The number of pyridine rings is 1. The van der Waals surface area contributed by atoms with Crippen molar-refractivity contribution in [1.29, 1.82) is 0 Å². The summed E-state index contributed by atoms with van der Waals surface area (Å²) in [5.74, 6) is 0.106. The number of methoxy groups -OCH3 is 1. The van der Waals surface area contributed by atoms with Gasteiger partial charge in [-0.25, -0.2) is 13.4 Å². The summed E-state index contributed by atoms with van der Waals surface area (Å²) in [6, 6.07) is 8.09. The molecule has 8 nitrogen and oxygen atoms in total. The van der Waals surface area contributed by atoms with Crippen molar-refractivity contribution in [3.8, 4) is 5.75 Å². The van der Waals surface area contributed by atoms with Gasteiger partial charge in [0.1, 0.15) is 17.6 Å². The smallest absolute Gasteiger partial charge is 0.242 e. The summed E-state index contributed by atoms with van der Waals surface area (Å²) in [5, 5.41) is 2.64. The highest BCUT2D eigenvalue weighted by atomic mass is 35.5. The average Bonchev–Trinajstić information content (AvgIpc) is 2.61. The van der Waals surface area contributed by atoms with E-state index in [9.17, 15) is 13.2 Å². The quantitative estimate of drug-likeness (QED) is 0.636. The van der Waals surface area contributed by atoms with Crippen LogP contribution in [-0.2, 0) is 14.8 Å². The highest BCUT2D eigenvalue weighted by molar-refractivity contribution is 7.89. The fourth-order valence-corrected chi connectivity index (χ4v) is 3.53. The van der Waals surface area contributed by atoms with E-state index in [-0.39, 0.29) is 23.2 Å². The van der Waals surface area contributed by atoms with Gasteiger partial charge in [-0.05, 0) is 42.3 Å². The molecule has 148 valence electrons. The Morgan fingerprint density at radius 2 is 1.78 bits per heavy atom. The third-order valence-corrected chi connectivity index (χ3v) is 5.11. The predicted octanol–water partition coefficient (Wildman–Crippen LogP) is 2.04. The Kier molecular flexibility index (Phi) is 8.01. The molecule has 1 atom stereocenters. The SMILES string of the molecule is COc1ccc(S(=O)(=O)NC(C(=O)Nc2ccc(N)nc2)C(C)C)cc1.Cl. The van der Waals surface area contributed by atoms with Gasteiger partial charge < -0.3 is 15.8 Å². The van der Waals surface area contributed by atoms with Crippen LogP contribution in [0, 0.1) is 5.92 Å². The summed E-state index contributed by atoms with van der Waals surface area (Å²) in [5.41, 5.74) is 5.94. The zero-order chi connectivity index (χ0) is 19.3. The number of hydrogen-bond acceptors (Lipinski definition) is 6. The van der Waals surface area contributed by atoms with E-state index in [1.54, 1.807) is 38.1 Å². The number of nitrogens with two attached hydrogens (primary N) is 1. The molecule has 0 aliphatic heterocycles. The highest BCUT2D eigenvalue weighted by Crippen LogP contribution is 2.17. The van der Waals surface area contributed by atoms with Crippen molar-refractivity contribution in [1.82, 2.24) is 9.71 Å². The van der Waals surface area contributed by atoms with Crippen molar-refractivity contribution in [2.24, 2.45) is 5.92 Å². The van der Waals surface area contributed by atoms with Crippen LogP contribution in [0.5, 0.6) is 5.75 Å². The van der Waals surface area contributed by atoms with Crippen LogP contribution < -0.4 is 20.5 Å². The second kappa shape index (κ2) is 9.54. The van der Waals surface area contributed by atoms with Crippen LogP contribution in [-0.4, -0.2) is 32.5 Å². The van der Waals surface area contributed by atoms with E-state index in [0.29, 0.717) is 17.3 Å². The number of sulfonamides is 1. The monoisotopic (exact) mass is 414 g/mol. The van der Waals surface area contributed by atoms with E-state index >= 15 is 0 Å². The topological polar surface area (TPSA) is 123 Å². The number of nitrogen functional groups attached to an aromatic ring is 1. The fourth-order valence-electron chi connectivity index (χ4n) is 2.18. The Hall–Kier alpha value is -2.36. The second-order valence-corrected chi connectivity index (χ2v) is 7.69. The molecule has 1 heterocycles. The van der Waals surface area contributed by atoms with Gasteiger partial charge in [0.2, 0.25) is 15.9 Å². The summed E-state index contributed by atoms with van der Waals surface area (Å²) in [7, 11) is -2.38. The minimum atomic E-state index is -3.88. The Morgan fingerprint density at radius 1 is 1.15 bits per heavy atom. The maximum absolute atomic E-state index is 12.6. The number of aromatic nitrogens is 1. The third kappa shape index (κ3) is 6.09. The Morgan fingerprint density at radius 3 is 2.26 bits per heavy atom. The lowest BCUT2D eigenvalue weighted by Gasteiger charge is -2.21. The Bertz CT molecular complexity index is 856. The number of anilines is 2. The van der Waals surface area contributed by atoms with Crippen LogP contribution in [0.2, 0.25) is 0 Å². The lowest BCUT2D eigenvalue weighted by Crippen LogP contribution is -2.47. The molecule has 0 spiro atoms. The maximum atomic E-state index is 12.6. The number of nitrogens with one attached hydrogen (secondary N) is 2. The van der Waals surface area contributed by atoms with Gasteiger partial charge in [0.15, 0.2) is 0 Å². The molecule has 0 bridgehead atoms. The standard InChI is InChI=1S/C17H22N4O4S.ClH/c1-11(2)16(17(22)20-12-4-9-15(18)19-10-12)21-26(23,24)14-7-5-13(25-3)6-8-14;/h4-11,16,21H,1-3H3,(H2,18,19)(H,20,22);1H. The van der Waals surface area contributed by atoms with Crippen molar-refractivity contribution < 1.29 is 17.9 Å². The molecule has 27 heavy (non-hydrogen) atoms. The van der Waals surface area contributed by atoms with Gasteiger partial charge in [-0.1, -0.05) is 13.8 Å². The second-order valence-electron chi connectivity index (χ2n) is 5.98. The minimum Gasteiger partial charge on any atom is -0.497 e. The molecule has 1 unspecified atom stereocenters. The van der Waals surface area contributed by atoms with Crippen molar-refractivity contribution >= 4 is 39.8 Å². The van der Waals surface area contributed by atoms with E-state index in [2.05, 4.69) is 15.0 Å². The normalized spacial score (nSPS) is 12.1. The molecule has 2 rings (SSSR count). The van der Waals surface area contributed by atoms with Gasteiger partial charge in [0.25, 0.3) is 0 Å². The minimum absolute atomic E-state index is 0. The van der Waals surface area contributed by atoms with Gasteiger partial charge in [-0.3, -0.25) is 4.79 Å². The summed E-state index contributed by atoms with van der Waals surface area (Å²) in [6.07, 6.45) is 1.41. The number of nitrogens with zero attached hydrogens (tertiary/aromatic N) is 1. The number of carbonyl (C=O) groups excluding carboxylic acids is 1. The molecule has 1 amide bonds. The first-order valence-electron chi connectivity index (χ1n) is 7.91. The molecule has 0 radical (unpaired) electrons. The number of carbonyl (C=O) groups is 1. The number of amides is 1. The number of hydrogen-bond donors (Lipinski definition) is 3. The maximum Gasteiger partial charge on any atom is 0.242 e. The molecule has 1 aromatic carbocycles. The summed E-state index contributed by atoms with van der Waals surface area (Å²) in [6.45, 7) is 3.50. The zero-order valence-electron chi connectivity index (χ0n) is 15.2. The van der Waals surface area contributed by atoms with Crippen LogP contribution in [0.25, 0.3) is 0 Å². The largest absolute Gasteiger partial charge is 0.497 e. The van der Waals surface area contributed by atoms with Crippen molar-refractivity contribution in [2.45, 2.75) is 24.8 Å². The molecule has 2 aromatic rings. The van der Waals surface area contributed by atoms with E-state index < -0.39 is 22.0 Å². The highest BCUT2D eigenvalue weighted by Gasteiger charge is 2.28. The van der Waals surface area contributed by atoms with Gasteiger partial charge in [0.05, 0.1) is 23.9 Å². The van der Waals surface area contributed by atoms with Crippen LogP contribution in [0.1, 0.15) is 13.8 Å². The van der Waals surface area contributed by atoms with E-state index in [1.165, 1.54) is 25.4 Å². The molecule has 0 saturated carbocycles. The zero-order valence-corrected chi connectivity index (χ0v) is 16.8. The number of benzene rings is 1. The van der Waals surface area contributed by atoms with Crippen molar-refractivity contribution in [3.63, 3.8) is 0 Å². The first kappa shape index (κ1) is 22.7. The van der Waals surface area contributed by atoms with Gasteiger partial charge in [-0.15, -0.1) is 12.4 Å².